The zero-order chi connectivity index (χ0) is 18.1. The number of carbonyl (C=O) groups excluding carboxylic acids is 3. The summed E-state index contributed by atoms with van der Waals surface area (Å²) in [4.78, 5) is 32.0. The minimum absolute atomic E-state index is 0.0204. The normalized spacial score (nSPS) is 10.8. The van der Waals surface area contributed by atoms with Gasteiger partial charge < -0.3 is 20.9 Å². The number of nitrogens with two attached hydrogens (primary N) is 2. The van der Waals surface area contributed by atoms with E-state index < -0.39 is 23.1 Å². The lowest BCUT2D eigenvalue weighted by Gasteiger charge is -2.18. The second-order valence-electron chi connectivity index (χ2n) is 6.46. The Morgan fingerprint density at radius 2 is 1.14 bits per heavy atom. The van der Waals surface area contributed by atoms with Gasteiger partial charge in [0.15, 0.2) is 0 Å². The van der Waals surface area contributed by atoms with E-state index >= 15 is 0 Å². The van der Waals surface area contributed by atoms with E-state index in [2.05, 4.69) is 12.2 Å². The SMILES string of the molecule is CC(C)(C)OC(=O)CC(N)=O.CC(C)(C)OC(=O)CC(N)=S. The first-order valence-electron chi connectivity index (χ1n) is 6.62. The van der Waals surface area contributed by atoms with E-state index in [0.717, 1.165) is 0 Å². The minimum Gasteiger partial charge on any atom is -0.460 e. The van der Waals surface area contributed by atoms with E-state index in [9.17, 15) is 14.4 Å². The molecule has 0 aromatic rings. The zero-order valence-corrected chi connectivity index (χ0v) is 14.8. The van der Waals surface area contributed by atoms with Gasteiger partial charge in [-0.1, -0.05) is 12.2 Å². The van der Waals surface area contributed by atoms with Gasteiger partial charge in [-0.15, -0.1) is 0 Å². The molecule has 0 fully saturated rings. The van der Waals surface area contributed by atoms with Gasteiger partial charge in [-0.05, 0) is 41.5 Å². The molecule has 0 aliphatic rings. The first-order valence-corrected chi connectivity index (χ1v) is 7.03. The lowest BCUT2D eigenvalue weighted by atomic mass is 10.2. The molecule has 4 N–H and O–H groups in total. The molecule has 0 spiro atoms. The predicted molar refractivity (Wildman–Crippen MR) is 86.9 cm³/mol. The molecule has 0 rings (SSSR count). The van der Waals surface area contributed by atoms with Crippen LogP contribution in [0.4, 0.5) is 0 Å². The number of rotatable bonds is 4. The van der Waals surface area contributed by atoms with Crippen LogP contribution in [0.25, 0.3) is 0 Å². The number of carbonyl (C=O) groups is 3. The quantitative estimate of drug-likeness (QED) is 0.450. The molecule has 0 heterocycles. The summed E-state index contributed by atoms with van der Waals surface area (Å²) in [5, 5.41) is 0. The Kier molecular flexibility index (Phi) is 9.59. The van der Waals surface area contributed by atoms with Gasteiger partial charge in [0.2, 0.25) is 5.91 Å². The van der Waals surface area contributed by atoms with Crippen molar-refractivity contribution in [2.45, 2.75) is 65.6 Å². The molecule has 0 aromatic carbocycles. The number of thiocarbonyl (C=S) groups is 1. The highest BCUT2D eigenvalue weighted by Crippen LogP contribution is 2.08. The van der Waals surface area contributed by atoms with Gasteiger partial charge in [0.05, 0.1) is 11.4 Å². The van der Waals surface area contributed by atoms with E-state index in [0.29, 0.717) is 0 Å². The largest absolute Gasteiger partial charge is 0.460 e. The fourth-order valence-corrected chi connectivity index (χ4v) is 1.16. The first-order chi connectivity index (χ1) is 9.62. The van der Waals surface area contributed by atoms with E-state index in [4.69, 9.17) is 20.9 Å². The third kappa shape index (κ3) is 20.6. The van der Waals surface area contributed by atoms with E-state index in [1.807, 2.05) is 0 Å². The molecule has 0 radical (unpaired) electrons. The molecule has 0 unspecified atom stereocenters. The summed E-state index contributed by atoms with van der Waals surface area (Å²) in [5.74, 6) is -1.62. The number of ether oxygens (including phenoxy) is 2. The Morgan fingerprint density at radius 1 is 0.818 bits per heavy atom. The van der Waals surface area contributed by atoms with Crippen LogP contribution in [0.2, 0.25) is 0 Å². The summed E-state index contributed by atoms with van der Waals surface area (Å²) in [7, 11) is 0. The predicted octanol–water partition coefficient (Wildman–Crippen LogP) is 1.21. The Morgan fingerprint density at radius 3 is 1.36 bits per heavy atom. The van der Waals surface area contributed by atoms with Crippen LogP contribution < -0.4 is 11.5 Å². The van der Waals surface area contributed by atoms with Gasteiger partial charge >= 0.3 is 11.9 Å². The monoisotopic (exact) mass is 334 g/mol. The zero-order valence-electron chi connectivity index (χ0n) is 14.0. The highest BCUT2D eigenvalue weighted by molar-refractivity contribution is 7.80. The van der Waals surface area contributed by atoms with Crippen LogP contribution in [0.3, 0.4) is 0 Å². The summed E-state index contributed by atoms with van der Waals surface area (Å²) in [6.07, 6.45) is -0.329. The number of esters is 2. The van der Waals surface area contributed by atoms with Crippen molar-refractivity contribution >= 4 is 35.1 Å². The molecule has 0 aliphatic carbocycles. The van der Waals surface area contributed by atoms with Gasteiger partial charge in [0.25, 0.3) is 0 Å². The number of primary amides is 1. The Labute approximate surface area is 136 Å². The highest BCUT2D eigenvalue weighted by atomic mass is 32.1. The molecule has 22 heavy (non-hydrogen) atoms. The summed E-state index contributed by atoms with van der Waals surface area (Å²) in [6.45, 7) is 10.6. The molecule has 0 aliphatic heterocycles. The van der Waals surface area contributed by atoms with Gasteiger partial charge in [0.1, 0.15) is 17.6 Å². The fraction of sp³-hybridized carbons (Fsp3) is 0.714. The van der Waals surface area contributed by atoms with E-state index in [-0.39, 0.29) is 23.8 Å². The second-order valence-corrected chi connectivity index (χ2v) is 6.98. The smallest absolute Gasteiger partial charge is 0.315 e. The van der Waals surface area contributed by atoms with E-state index in [1.54, 1.807) is 41.5 Å². The second kappa shape index (κ2) is 9.34. The third-order valence-electron chi connectivity index (χ3n) is 1.48. The maximum atomic E-state index is 10.9. The highest BCUT2D eigenvalue weighted by Gasteiger charge is 2.17. The maximum absolute atomic E-state index is 10.9. The average Bonchev–Trinajstić information content (AvgIpc) is 2.07. The minimum atomic E-state index is -0.667. The fourth-order valence-electron chi connectivity index (χ4n) is 1.04. The van der Waals surface area contributed by atoms with Crippen molar-refractivity contribution in [1.29, 1.82) is 0 Å². The van der Waals surface area contributed by atoms with Crippen LogP contribution in [0, 0.1) is 0 Å². The first kappa shape index (κ1) is 22.6. The molecule has 0 bridgehead atoms. The summed E-state index contributed by atoms with van der Waals surface area (Å²) in [6, 6.07) is 0. The number of amides is 1. The molecule has 128 valence electrons. The van der Waals surface area contributed by atoms with Crippen molar-refractivity contribution in [3.8, 4) is 0 Å². The summed E-state index contributed by atoms with van der Waals surface area (Å²) >= 11 is 4.54. The van der Waals surface area contributed by atoms with Crippen LogP contribution in [-0.4, -0.2) is 34.0 Å². The van der Waals surface area contributed by atoms with Crippen molar-refractivity contribution in [1.82, 2.24) is 0 Å². The van der Waals surface area contributed by atoms with Gasteiger partial charge in [-0.2, -0.15) is 0 Å². The average molecular weight is 334 g/mol. The van der Waals surface area contributed by atoms with Crippen LogP contribution in [-0.2, 0) is 23.9 Å². The van der Waals surface area contributed by atoms with Crippen LogP contribution in [0.5, 0.6) is 0 Å². The van der Waals surface area contributed by atoms with Gasteiger partial charge in [-0.25, -0.2) is 0 Å². The van der Waals surface area contributed by atoms with Gasteiger partial charge in [0, 0.05) is 0 Å². The number of hydrogen-bond donors (Lipinski definition) is 2. The van der Waals surface area contributed by atoms with Crippen LogP contribution in [0.1, 0.15) is 54.4 Å². The molecular formula is C14H26N2O5S. The molecular weight excluding hydrogens is 308 g/mol. The third-order valence-corrected chi connectivity index (χ3v) is 1.62. The standard InChI is InChI=1S/C7H13NO3.C7H13NO2S/c1-7(2,3)11-6(10)4-5(8)9;1-7(2,3)10-6(9)4-5(8)11/h4H2,1-3H3,(H2,8,9);4H2,1-3H3,(H2,8,11). The number of hydrogen-bond acceptors (Lipinski definition) is 6. The molecule has 0 saturated heterocycles. The summed E-state index contributed by atoms with van der Waals surface area (Å²) in [5.41, 5.74) is 8.91. The van der Waals surface area contributed by atoms with Gasteiger partial charge in [-0.3, -0.25) is 14.4 Å². The molecule has 0 saturated carbocycles. The van der Waals surface area contributed by atoms with E-state index in [1.165, 1.54) is 0 Å². The Balaban J connectivity index is 0. The van der Waals surface area contributed by atoms with Crippen molar-refractivity contribution in [3.63, 3.8) is 0 Å². The lowest BCUT2D eigenvalue weighted by Crippen LogP contribution is -2.27. The topological polar surface area (TPSA) is 122 Å². The molecule has 8 heteroatoms. The Bertz CT molecular complexity index is 382. The van der Waals surface area contributed by atoms with Crippen molar-refractivity contribution in [2.24, 2.45) is 11.5 Å². The molecule has 0 aromatic heterocycles. The van der Waals surface area contributed by atoms with Crippen molar-refractivity contribution in [3.05, 3.63) is 0 Å². The Hall–Kier alpha value is -1.70. The molecule has 7 nitrogen and oxygen atoms in total. The van der Waals surface area contributed by atoms with Crippen LogP contribution >= 0.6 is 12.2 Å². The maximum Gasteiger partial charge on any atom is 0.315 e. The molecule has 1 amide bonds. The molecule has 0 atom stereocenters. The van der Waals surface area contributed by atoms with Crippen molar-refractivity contribution in [2.75, 3.05) is 0 Å². The summed E-state index contributed by atoms with van der Waals surface area (Å²) < 4.78 is 9.75. The lowest BCUT2D eigenvalue weighted by molar-refractivity contribution is -0.156. The van der Waals surface area contributed by atoms with Crippen LogP contribution in [0.15, 0.2) is 0 Å². The van der Waals surface area contributed by atoms with Crippen molar-refractivity contribution < 1.29 is 23.9 Å².